The van der Waals surface area contributed by atoms with Gasteiger partial charge in [-0.25, -0.2) is 0 Å². The van der Waals surface area contributed by atoms with E-state index in [1.807, 2.05) is 59.6 Å². The molecule has 0 N–H and O–H groups in total. The lowest BCUT2D eigenvalue weighted by molar-refractivity contribution is -0.567. The zero-order chi connectivity index (χ0) is 26.6. The van der Waals surface area contributed by atoms with E-state index in [9.17, 15) is 0 Å². The molecule has 0 saturated heterocycles. The van der Waals surface area contributed by atoms with Gasteiger partial charge < -0.3 is 0 Å². The van der Waals surface area contributed by atoms with Crippen molar-refractivity contribution in [3.63, 3.8) is 0 Å². The summed E-state index contributed by atoms with van der Waals surface area (Å²) in [7, 11) is 0. The number of aromatic nitrogens is 1. The smallest absolute Gasteiger partial charge is 0.175 e. The van der Waals surface area contributed by atoms with Crippen molar-refractivity contribution in [1.29, 1.82) is 0 Å². The highest BCUT2D eigenvalue weighted by atomic mass is 14.9. The van der Waals surface area contributed by atoms with Crippen molar-refractivity contribution in [3.05, 3.63) is 188 Å². The first-order chi connectivity index (χ1) is 19.4. The lowest BCUT2D eigenvalue weighted by Gasteiger charge is -2.44. The molecule has 1 aromatic heterocycles. The van der Waals surface area contributed by atoms with Crippen molar-refractivity contribution in [2.45, 2.75) is 0 Å². The lowest BCUT2D eigenvalue weighted by Crippen LogP contribution is -2.74. The van der Waals surface area contributed by atoms with Crippen LogP contribution in [0.4, 0.5) is 0 Å². The highest BCUT2D eigenvalue weighted by Gasteiger charge is 2.30. The molecule has 39 heavy (non-hydrogen) atoms. The van der Waals surface area contributed by atoms with Gasteiger partial charge in [-0.3, -0.25) is 0 Å². The molecule has 0 aliphatic carbocycles. The van der Waals surface area contributed by atoms with Gasteiger partial charge in [0.25, 0.3) is 0 Å². The zero-order valence-corrected chi connectivity index (χ0v) is 22.0. The molecule has 1 nitrogen and oxygen atoms in total. The van der Waals surface area contributed by atoms with E-state index >= 15 is 0 Å². The molecule has 0 amide bonds. The van der Waals surface area contributed by atoms with Gasteiger partial charge in [0.15, 0.2) is 18.6 Å². The second-order valence-electron chi connectivity index (χ2n) is 9.56. The van der Waals surface area contributed by atoms with Gasteiger partial charge in [-0.2, -0.15) is 26.4 Å². The molecule has 6 aromatic rings. The van der Waals surface area contributed by atoms with Gasteiger partial charge in [0.05, 0.1) is 0 Å². The number of hydrogen-bond acceptors (Lipinski definition) is 0. The predicted molar refractivity (Wildman–Crippen MR) is 168 cm³/mol. The molecule has 0 atom stereocenters. The Hall–Kier alpha value is -4.95. The normalized spacial score (nSPS) is 11.0. The third-order valence-electron chi connectivity index (χ3n) is 7.18. The highest BCUT2D eigenvalue weighted by molar-refractivity contribution is 7.19. The van der Waals surface area contributed by atoms with Crippen LogP contribution in [0.2, 0.25) is 0 Å². The van der Waals surface area contributed by atoms with Crippen molar-refractivity contribution in [2.75, 3.05) is 0 Å². The van der Waals surface area contributed by atoms with Gasteiger partial charge in [-0.15, -0.1) is 0 Å². The summed E-state index contributed by atoms with van der Waals surface area (Å²) in [5, 5.41) is 0. The van der Waals surface area contributed by atoms with Crippen LogP contribution in [0.15, 0.2) is 182 Å². The van der Waals surface area contributed by atoms with Crippen molar-refractivity contribution in [2.24, 2.45) is 0 Å². The SMILES string of the molecule is C(=C[n+]1ccccc1)c1ccccc1.c1ccc([B-](c2ccccc2)(c2ccccc2)c2ccccc2)cc1. The second kappa shape index (κ2) is 13.0. The molecule has 1 heterocycles. The Morgan fingerprint density at radius 1 is 0.359 bits per heavy atom. The summed E-state index contributed by atoms with van der Waals surface area (Å²) in [4.78, 5) is 0. The van der Waals surface area contributed by atoms with Crippen LogP contribution in [0.5, 0.6) is 0 Å². The largest absolute Gasteiger partial charge is 0.195 e. The fourth-order valence-corrected chi connectivity index (χ4v) is 5.37. The van der Waals surface area contributed by atoms with Gasteiger partial charge in [-0.05, 0) is 5.56 Å². The molecule has 188 valence electrons. The summed E-state index contributed by atoms with van der Waals surface area (Å²) < 4.78 is 2.02. The average Bonchev–Trinajstić information content (AvgIpc) is 3.04. The van der Waals surface area contributed by atoms with Crippen LogP contribution in [0.1, 0.15) is 5.56 Å². The molecular formula is C37H32BN. The third kappa shape index (κ3) is 6.14. The van der Waals surface area contributed by atoms with Crippen LogP contribution in [-0.2, 0) is 0 Å². The third-order valence-corrected chi connectivity index (χ3v) is 7.18. The average molecular weight is 501 g/mol. The minimum absolute atomic E-state index is 1.21. The molecule has 0 aliphatic heterocycles. The quantitative estimate of drug-likeness (QED) is 0.205. The fraction of sp³-hybridized carbons (Fsp3) is 0. The Kier molecular flexibility index (Phi) is 8.58. The Balaban J connectivity index is 0.000000186. The summed E-state index contributed by atoms with van der Waals surface area (Å²) in [6.07, 6.45) is 6.93. The van der Waals surface area contributed by atoms with Crippen molar-refractivity contribution >= 4 is 40.3 Å². The maximum atomic E-state index is 2.26. The Morgan fingerprint density at radius 3 is 1.03 bits per heavy atom. The zero-order valence-electron chi connectivity index (χ0n) is 22.0. The van der Waals surface area contributed by atoms with Crippen molar-refractivity contribution in [3.8, 4) is 0 Å². The number of hydrogen-bond donors (Lipinski definition) is 0. The van der Waals surface area contributed by atoms with E-state index in [-0.39, 0.29) is 0 Å². The number of benzene rings is 5. The number of nitrogens with zero attached hydrogens (tertiary/aromatic N) is 1. The monoisotopic (exact) mass is 501 g/mol. The van der Waals surface area contributed by atoms with E-state index in [0.717, 1.165) is 0 Å². The van der Waals surface area contributed by atoms with Crippen LogP contribution in [-0.4, -0.2) is 6.15 Å². The molecule has 0 fully saturated rings. The first kappa shape index (κ1) is 25.7. The van der Waals surface area contributed by atoms with Crippen molar-refractivity contribution < 1.29 is 4.57 Å². The predicted octanol–water partition coefficient (Wildman–Crippen LogP) is 5.67. The van der Waals surface area contributed by atoms with Crippen LogP contribution in [0.25, 0.3) is 12.3 Å². The van der Waals surface area contributed by atoms with Crippen LogP contribution in [0, 0.1) is 0 Å². The van der Waals surface area contributed by atoms with E-state index in [4.69, 9.17) is 0 Å². The Bertz CT molecular complexity index is 1350. The summed E-state index contributed by atoms with van der Waals surface area (Å²) >= 11 is 0. The van der Waals surface area contributed by atoms with Gasteiger partial charge >= 0.3 is 0 Å². The second-order valence-corrected chi connectivity index (χ2v) is 9.56. The fourth-order valence-electron chi connectivity index (χ4n) is 5.37. The van der Waals surface area contributed by atoms with E-state index in [1.54, 1.807) is 0 Å². The number of pyridine rings is 1. The topological polar surface area (TPSA) is 3.88 Å². The summed E-state index contributed by atoms with van der Waals surface area (Å²) in [5.41, 5.74) is 6.57. The lowest BCUT2D eigenvalue weighted by atomic mass is 9.13. The van der Waals surface area contributed by atoms with E-state index in [1.165, 1.54) is 27.4 Å². The minimum Gasteiger partial charge on any atom is -0.195 e. The molecule has 0 aliphatic rings. The van der Waals surface area contributed by atoms with Crippen LogP contribution < -0.4 is 26.4 Å². The molecule has 0 radical (unpaired) electrons. The summed E-state index contributed by atoms with van der Waals surface area (Å²) in [5.74, 6) is 0. The Morgan fingerprint density at radius 2 is 0.667 bits per heavy atom. The molecule has 2 heteroatoms. The van der Waals surface area contributed by atoms with Crippen molar-refractivity contribution in [1.82, 2.24) is 0 Å². The maximum absolute atomic E-state index is 2.26. The molecule has 0 saturated carbocycles. The van der Waals surface area contributed by atoms with Crippen LogP contribution >= 0.6 is 0 Å². The first-order valence-electron chi connectivity index (χ1n) is 13.4. The van der Waals surface area contributed by atoms with E-state index in [2.05, 4.69) is 140 Å². The molecule has 0 unspecified atom stereocenters. The summed E-state index contributed by atoms with van der Waals surface area (Å²) in [6.45, 7) is 0. The molecule has 5 aromatic carbocycles. The highest BCUT2D eigenvalue weighted by Crippen LogP contribution is 2.09. The molecular weight excluding hydrogens is 469 g/mol. The molecule has 0 spiro atoms. The standard InChI is InChI=1S/C24H20B.C13H12N/c1-5-13-21(14-6-1)25(22-15-7-2-8-16-22,23-17-9-3-10-18-23)24-19-11-4-12-20-24;1-3-7-13(8-4-1)9-12-14-10-5-2-6-11-14/h1-20H;1-12H/q-1;+1. The first-order valence-corrected chi connectivity index (χ1v) is 13.4. The van der Waals surface area contributed by atoms with Gasteiger partial charge in [0.1, 0.15) is 6.15 Å². The van der Waals surface area contributed by atoms with Gasteiger partial charge in [0.2, 0.25) is 0 Å². The van der Waals surface area contributed by atoms with Gasteiger partial charge in [-0.1, -0.05) is 158 Å². The Labute approximate surface area is 232 Å². The summed E-state index contributed by atoms with van der Waals surface area (Å²) in [6, 6.07) is 59.8. The van der Waals surface area contributed by atoms with Gasteiger partial charge in [0, 0.05) is 18.2 Å². The maximum Gasteiger partial charge on any atom is 0.175 e. The molecule has 6 rings (SSSR count). The minimum atomic E-state index is -1.22. The van der Waals surface area contributed by atoms with Crippen LogP contribution in [0.3, 0.4) is 0 Å². The number of rotatable bonds is 6. The van der Waals surface area contributed by atoms with E-state index in [0.29, 0.717) is 0 Å². The van der Waals surface area contributed by atoms with E-state index < -0.39 is 6.15 Å². The molecule has 0 bridgehead atoms.